The van der Waals surface area contributed by atoms with Gasteiger partial charge in [0.1, 0.15) is 0 Å². The number of carbonyl (C=O) groups is 1. The third kappa shape index (κ3) is 1.76. The maximum absolute atomic E-state index is 10.9. The number of anilines is 1. The Bertz CT molecular complexity index is 416. The number of carbonyl (C=O) groups excluding carboxylic acids is 1. The second kappa shape index (κ2) is 4.04. The molecule has 0 heterocycles. The van der Waals surface area contributed by atoms with Crippen molar-refractivity contribution in [2.24, 2.45) is 0 Å². The molecular formula is C10H14BNO3. The molecule has 0 aliphatic rings. The molecule has 0 atom stereocenters. The SMILES string of the molecule is Cc1c(N)c(C)c(B(O)O)c(C)c1C=O. The molecule has 0 bridgehead atoms. The standard InChI is InChI=1S/C10H14BNO3/c1-5-8(4-13)6(2)10(12)7(3)9(5)11(14)15/h4,14-15H,12H2,1-3H3. The third-order valence-electron chi connectivity index (χ3n) is 2.80. The van der Waals surface area contributed by atoms with Crippen LogP contribution in [-0.2, 0) is 0 Å². The van der Waals surface area contributed by atoms with Crippen molar-refractivity contribution in [2.75, 3.05) is 5.73 Å². The zero-order valence-electron chi connectivity index (χ0n) is 9.03. The van der Waals surface area contributed by atoms with Crippen LogP contribution in [0.15, 0.2) is 0 Å². The molecule has 15 heavy (non-hydrogen) atoms. The van der Waals surface area contributed by atoms with Crippen molar-refractivity contribution in [3.8, 4) is 0 Å². The van der Waals surface area contributed by atoms with Crippen molar-refractivity contribution >= 4 is 24.6 Å². The number of hydrogen-bond donors (Lipinski definition) is 3. The van der Waals surface area contributed by atoms with Gasteiger partial charge in [0.2, 0.25) is 0 Å². The lowest BCUT2D eigenvalue weighted by molar-refractivity contribution is 0.112. The topological polar surface area (TPSA) is 83.6 Å². The number of nitrogens with two attached hydrogens (primary N) is 1. The summed E-state index contributed by atoms with van der Waals surface area (Å²) in [7, 11) is -1.61. The summed E-state index contributed by atoms with van der Waals surface area (Å²) in [4.78, 5) is 10.9. The second-order valence-electron chi connectivity index (χ2n) is 3.61. The lowest BCUT2D eigenvalue weighted by atomic mass is 9.72. The Hall–Kier alpha value is -1.33. The molecule has 0 spiro atoms. The van der Waals surface area contributed by atoms with Gasteiger partial charge in [0.05, 0.1) is 0 Å². The minimum atomic E-state index is -1.61. The minimum Gasteiger partial charge on any atom is -0.423 e. The zero-order valence-corrected chi connectivity index (χ0v) is 9.03. The molecule has 0 amide bonds. The highest BCUT2D eigenvalue weighted by molar-refractivity contribution is 6.60. The second-order valence-corrected chi connectivity index (χ2v) is 3.61. The van der Waals surface area contributed by atoms with E-state index in [1.807, 2.05) is 0 Å². The minimum absolute atomic E-state index is 0.320. The Morgan fingerprint density at radius 1 is 1.13 bits per heavy atom. The molecule has 5 heteroatoms. The molecule has 0 aromatic heterocycles. The van der Waals surface area contributed by atoms with Crippen molar-refractivity contribution in [1.29, 1.82) is 0 Å². The van der Waals surface area contributed by atoms with Crippen molar-refractivity contribution in [1.82, 2.24) is 0 Å². The fourth-order valence-electron chi connectivity index (χ4n) is 1.84. The molecule has 0 unspecified atom stereocenters. The van der Waals surface area contributed by atoms with E-state index in [1.54, 1.807) is 20.8 Å². The van der Waals surface area contributed by atoms with Gasteiger partial charge in [-0.15, -0.1) is 0 Å². The van der Waals surface area contributed by atoms with Gasteiger partial charge in [0.25, 0.3) is 0 Å². The van der Waals surface area contributed by atoms with Gasteiger partial charge in [-0.05, 0) is 42.9 Å². The van der Waals surface area contributed by atoms with Crippen LogP contribution >= 0.6 is 0 Å². The van der Waals surface area contributed by atoms with Gasteiger partial charge in [-0.2, -0.15) is 0 Å². The van der Waals surface area contributed by atoms with Crippen LogP contribution in [0.25, 0.3) is 0 Å². The van der Waals surface area contributed by atoms with Gasteiger partial charge in [-0.25, -0.2) is 0 Å². The maximum atomic E-state index is 10.9. The smallest absolute Gasteiger partial charge is 0.423 e. The predicted molar refractivity (Wildman–Crippen MR) is 60.3 cm³/mol. The average Bonchev–Trinajstić information content (AvgIpc) is 2.15. The number of nitrogen functional groups attached to an aromatic ring is 1. The first-order valence-electron chi connectivity index (χ1n) is 4.62. The van der Waals surface area contributed by atoms with Gasteiger partial charge in [0, 0.05) is 11.3 Å². The summed E-state index contributed by atoms with van der Waals surface area (Å²) in [5.74, 6) is 0. The van der Waals surface area contributed by atoms with Gasteiger partial charge in [0.15, 0.2) is 6.29 Å². The summed E-state index contributed by atoms with van der Waals surface area (Å²) < 4.78 is 0. The highest BCUT2D eigenvalue weighted by atomic mass is 16.4. The first-order chi connectivity index (χ1) is 6.91. The summed E-state index contributed by atoms with van der Waals surface area (Å²) in [5.41, 5.74) is 8.85. The Kier molecular flexibility index (Phi) is 3.17. The van der Waals surface area contributed by atoms with Gasteiger partial charge >= 0.3 is 7.12 Å². The number of hydrogen-bond acceptors (Lipinski definition) is 4. The van der Waals surface area contributed by atoms with Gasteiger partial charge in [-0.3, -0.25) is 4.79 Å². The fourth-order valence-corrected chi connectivity index (χ4v) is 1.84. The Morgan fingerprint density at radius 3 is 2.07 bits per heavy atom. The molecule has 1 rings (SSSR count). The monoisotopic (exact) mass is 207 g/mol. The lowest BCUT2D eigenvalue weighted by Crippen LogP contribution is -2.36. The van der Waals surface area contributed by atoms with E-state index in [-0.39, 0.29) is 0 Å². The molecule has 0 aliphatic heterocycles. The normalized spacial score (nSPS) is 10.2. The molecule has 1 aromatic carbocycles. The molecule has 0 aliphatic carbocycles. The first-order valence-corrected chi connectivity index (χ1v) is 4.62. The van der Waals surface area contributed by atoms with E-state index in [1.165, 1.54) is 0 Å². The van der Waals surface area contributed by atoms with E-state index in [9.17, 15) is 14.8 Å². The van der Waals surface area contributed by atoms with Crippen LogP contribution in [0.2, 0.25) is 0 Å². The number of rotatable bonds is 2. The molecule has 4 N–H and O–H groups in total. The van der Waals surface area contributed by atoms with E-state index in [0.717, 1.165) is 0 Å². The van der Waals surface area contributed by atoms with Crippen molar-refractivity contribution in [3.63, 3.8) is 0 Å². The van der Waals surface area contributed by atoms with E-state index >= 15 is 0 Å². The van der Waals surface area contributed by atoms with Crippen LogP contribution in [-0.4, -0.2) is 23.5 Å². The van der Waals surface area contributed by atoms with Crippen molar-refractivity contribution in [3.05, 3.63) is 22.3 Å². The van der Waals surface area contributed by atoms with E-state index in [2.05, 4.69) is 0 Å². The van der Waals surface area contributed by atoms with Gasteiger partial charge in [-0.1, -0.05) is 0 Å². The molecule has 0 radical (unpaired) electrons. The lowest BCUT2D eigenvalue weighted by Gasteiger charge is -2.16. The van der Waals surface area contributed by atoms with Crippen molar-refractivity contribution < 1.29 is 14.8 Å². The van der Waals surface area contributed by atoms with Crippen LogP contribution in [0.5, 0.6) is 0 Å². The Morgan fingerprint density at radius 2 is 1.67 bits per heavy atom. The summed E-state index contributed by atoms with van der Waals surface area (Å²) in [6, 6.07) is 0. The predicted octanol–water partition coefficient (Wildman–Crippen LogP) is -0.314. The van der Waals surface area contributed by atoms with Crippen LogP contribution in [0, 0.1) is 20.8 Å². The van der Waals surface area contributed by atoms with Crippen LogP contribution < -0.4 is 11.2 Å². The van der Waals surface area contributed by atoms with Crippen LogP contribution in [0.4, 0.5) is 5.69 Å². The van der Waals surface area contributed by atoms with E-state index in [4.69, 9.17) is 5.73 Å². The molecule has 0 fully saturated rings. The van der Waals surface area contributed by atoms with Gasteiger partial charge < -0.3 is 15.8 Å². The molecular weight excluding hydrogens is 193 g/mol. The summed E-state index contributed by atoms with van der Waals surface area (Å²) in [5, 5.41) is 18.4. The highest BCUT2D eigenvalue weighted by Gasteiger charge is 2.22. The Balaban J connectivity index is 3.68. The quantitative estimate of drug-likeness (QED) is 0.352. The van der Waals surface area contributed by atoms with Crippen molar-refractivity contribution in [2.45, 2.75) is 20.8 Å². The van der Waals surface area contributed by atoms with E-state index in [0.29, 0.717) is 39.7 Å². The van der Waals surface area contributed by atoms with Crippen LogP contribution in [0.3, 0.4) is 0 Å². The summed E-state index contributed by atoms with van der Waals surface area (Å²) >= 11 is 0. The first kappa shape index (κ1) is 11.7. The highest BCUT2D eigenvalue weighted by Crippen LogP contribution is 2.21. The zero-order chi connectivity index (χ0) is 11.7. The average molecular weight is 207 g/mol. The Labute approximate surface area is 88.9 Å². The van der Waals surface area contributed by atoms with Crippen LogP contribution in [0.1, 0.15) is 27.0 Å². The summed E-state index contributed by atoms with van der Waals surface area (Å²) in [6.07, 6.45) is 0.687. The largest absolute Gasteiger partial charge is 0.489 e. The molecule has 0 saturated carbocycles. The third-order valence-corrected chi connectivity index (χ3v) is 2.80. The molecule has 0 saturated heterocycles. The summed E-state index contributed by atoms with van der Waals surface area (Å²) in [6.45, 7) is 5.13. The number of benzene rings is 1. The molecule has 1 aromatic rings. The van der Waals surface area contributed by atoms with E-state index < -0.39 is 7.12 Å². The fraction of sp³-hybridized carbons (Fsp3) is 0.300. The molecule has 80 valence electrons. The number of aldehydes is 1. The molecule has 4 nitrogen and oxygen atoms in total. The maximum Gasteiger partial charge on any atom is 0.489 e.